The topological polar surface area (TPSA) is 95.9 Å². The zero-order valence-electron chi connectivity index (χ0n) is 19.3. The number of nitrogens with one attached hydrogen (secondary N) is 1. The zero-order chi connectivity index (χ0) is 24.2. The number of benzene rings is 2. The number of hydrogen-bond donors (Lipinski definition) is 2. The van der Waals surface area contributed by atoms with Gasteiger partial charge in [-0.1, -0.05) is 61.5 Å². The van der Waals surface area contributed by atoms with E-state index in [-0.39, 0.29) is 24.3 Å². The normalized spacial score (nSPS) is 16.6. The molecule has 2 unspecified atom stereocenters. The summed E-state index contributed by atoms with van der Waals surface area (Å²) in [5.41, 5.74) is 4.54. The van der Waals surface area contributed by atoms with Crippen LogP contribution in [0, 0.1) is 11.8 Å². The number of carbonyl (C=O) groups is 3. The minimum Gasteiger partial charge on any atom is -0.481 e. The van der Waals surface area contributed by atoms with E-state index < -0.39 is 24.0 Å². The van der Waals surface area contributed by atoms with Gasteiger partial charge >= 0.3 is 12.1 Å². The summed E-state index contributed by atoms with van der Waals surface area (Å²) < 4.78 is 5.60. The Kier molecular flexibility index (Phi) is 7.01. The standard InChI is InChI=1S/C27H30N2O5/c1-3-4-13-24(25(30)29-14-18(15-29)17(2)26(31)32)28-27(33)34-16-23-21-11-7-5-9-19(21)20-10-6-8-12-22(20)23/h3,5-12,17-18,23-24H,1,4,13-16H2,2H3,(H,28,33)(H,31,32). The van der Waals surface area contributed by atoms with Crippen molar-refractivity contribution in [2.45, 2.75) is 31.7 Å². The van der Waals surface area contributed by atoms with E-state index in [1.165, 1.54) is 0 Å². The molecule has 0 bridgehead atoms. The molecule has 0 aromatic heterocycles. The summed E-state index contributed by atoms with van der Waals surface area (Å²) in [6, 6.07) is 15.5. The number of carbonyl (C=O) groups excluding carboxylic acids is 2. The molecule has 0 saturated carbocycles. The van der Waals surface area contributed by atoms with Crippen molar-refractivity contribution in [3.8, 4) is 11.1 Å². The summed E-state index contributed by atoms with van der Waals surface area (Å²) in [5.74, 6) is -1.72. The summed E-state index contributed by atoms with van der Waals surface area (Å²) in [6.45, 7) is 6.28. The first-order valence-electron chi connectivity index (χ1n) is 11.6. The first kappa shape index (κ1) is 23.5. The van der Waals surface area contributed by atoms with E-state index in [0.29, 0.717) is 25.9 Å². The van der Waals surface area contributed by atoms with Gasteiger partial charge in [0.25, 0.3) is 0 Å². The van der Waals surface area contributed by atoms with Crippen molar-refractivity contribution in [2.24, 2.45) is 11.8 Å². The second-order valence-electron chi connectivity index (χ2n) is 9.02. The molecule has 1 aliphatic heterocycles. The quantitative estimate of drug-likeness (QED) is 0.549. The van der Waals surface area contributed by atoms with Crippen molar-refractivity contribution in [3.05, 3.63) is 72.3 Å². The Labute approximate surface area is 199 Å². The lowest BCUT2D eigenvalue weighted by Gasteiger charge is -2.42. The van der Waals surface area contributed by atoms with Gasteiger partial charge in [0.05, 0.1) is 5.92 Å². The number of alkyl carbamates (subject to hydrolysis) is 1. The summed E-state index contributed by atoms with van der Waals surface area (Å²) in [5, 5.41) is 11.9. The Bertz CT molecular complexity index is 1050. The average Bonchev–Trinajstić information content (AvgIpc) is 3.13. The number of amides is 2. The Hall–Kier alpha value is -3.61. The Morgan fingerprint density at radius 3 is 2.26 bits per heavy atom. The van der Waals surface area contributed by atoms with E-state index in [1.54, 1.807) is 17.9 Å². The Balaban J connectivity index is 1.37. The van der Waals surface area contributed by atoms with Crippen molar-refractivity contribution in [1.29, 1.82) is 0 Å². The molecule has 2 aromatic rings. The highest BCUT2D eigenvalue weighted by Gasteiger charge is 2.39. The minimum atomic E-state index is -0.864. The summed E-state index contributed by atoms with van der Waals surface area (Å²) in [6.07, 6.45) is 2.02. The highest BCUT2D eigenvalue weighted by Crippen LogP contribution is 2.44. The van der Waals surface area contributed by atoms with Gasteiger partial charge in [-0.2, -0.15) is 0 Å². The number of carboxylic acids is 1. The van der Waals surface area contributed by atoms with Crippen LogP contribution in [0.4, 0.5) is 4.79 Å². The van der Waals surface area contributed by atoms with Crippen molar-refractivity contribution in [2.75, 3.05) is 19.7 Å². The second-order valence-corrected chi connectivity index (χ2v) is 9.02. The third kappa shape index (κ3) is 4.69. The lowest BCUT2D eigenvalue weighted by Crippen LogP contribution is -2.59. The van der Waals surface area contributed by atoms with Crippen LogP contribution in [-0.4, -0.2) is 53.7 Å². The molecule has 2 N–H and O–H groups in total. The van der Waals surface area contributed by atoms with Gasteiger partial charge in [0.1, 0.15) is 12.6 Å². The van der Waals surface area contributed by atoms with Gasteiger partial charge in [-0.15, -0.1) is 6.58 Å². The fourth-order valence-electron chi connectivity index (χ4n) is 4.76. The number of aliphatic carboxylic acids is 1. The van der Waals surface area contributed by atoms with Crippen LogP contribution in [0.2, 0.25) is 0 Å². The van der Waals surface area contributed by atoms with Crippen LogP contribution in [0.1, 0.15) is 36.8 Å². The van der Waals surface area contributed by atoms with Crippen molar-refractivity contribution in [1.82, 2.24) is 10.2 Å². The number of likely N-dealkylation sites (tertiary alicyclic amines) is 1. The van der Waals surface area contributed by atoms with Gasteiger partial charge < -0.3 is 20.1 Å². The highest BCUT2D eigenvalue weighted by molar-refractivity contribution is 5.86. The minimum absolute atomic E-state index is 0.0610. The molecular formula is C27H30N2O5. The van der Waals surface area contributed by atoms with Crippen LogP contribution in [0.5, 0.6) is 0 Å². The average molecular weight is 463 g/mol. The summed E-state index contributed by atoms with van der Waals surface area (Å²) >= 11 is 0. The monoisotopic (exact) mass is 462 g/mol. The molecule has 0 spiro atoms. The number of ether oxygens (including phenoxy) is 1. The van der Waals surface area contributed by atoms with Gasteiger partial charge in [0, 0.05) is 24.9 Å². The van der Waals surface area contributed by atoms with Gasteiger partial charge in [0.15, 0.2) is 0 Å². The van der Waals surface area contributed by atoms with Crippen molar-refractivity contribution in [3.63, 3.8) is 0 Å². The van der Waals surface area contributed by atoms with Crippen LogP contribution < -0.4 is 5.32 Å². The lowest BCUT2D eigenvalue weighted by molar-refractivity contribution is -0.151. The molecule has 4 rings (SSSR count). The molecule has 7 nitrogen and oxygen atoms in total. The molecule has 34 heavy (non-hydrogen) atoms. The molecule has 7 heteroatoms. The lowest BCUT2D eigenvalue weighted by atomic mass is 9.86. The molecule has 0 radical (unpaired) electrons. The van der Waals surface area contributed by atoms with E-state index in [0.717, 1.165) is 22.3 Å². The maximum absolute atomic E-state index is 13.0. The van der Waals surface area contributed by atoms with E-state index in [1.807, 2.05) is 24.3 Å². The first-order chi connectivity index (χ1) is 16.4. The number of allylic oxidation sites excluding steroid dienone is 1. The fraction of sp³-hybridized carbons (Fsp3) is 0.370. The second kappa shape index (κ2) is 10.1. The molecule has 1 fully saturated rings. The highest BCUT2D eigenvalue weighted by atomic mass is 16.5. The third-order valence-electron chi connectivity index (χ3n) is 6.91. The molecule has 178 valence electrons. The summed E-state index contributed by atoms with van der Waals surface area (Å²) in [4.78, 5) is 38.4. The van der Waals surface area contributed by atoms with Gasteiger partial charge in [-0.3, -0.25) is 9.59 Å². The first-order valence-corrected chi connectivity index (χ1v) is 11.6. The number of rotatable bonds is 9. The molecule has 2 aromatic carbocycles. The molecule has 1 aliphatic carbocycles. The van der Waals surface area contributed by atoms with E-state index in [2.05, 4.69) is 36.2 Å². The molecule has 1 heterocycles. The molecule has 1 saturated heterocycles. The SMILES string of the molecule is C=CCCC(NC(=O)OCC1c2ccccc2-c2ccccc21)C(=O)N1CC(C(C)C(=O)O)C1. The number of nitrogens with zero attached hydrogens (tertiary/aromatic N) is 1. The maximum atomic E-state index is 13.0. The van der Waals surface area contributed by atoms with Crippen molar-refractivity contribution >= 4 is 18.0 Å². The largest absolute Gasteiger partial charge is 0.481 e. The molecule has 2 aliphatic rings. The van der Waals surface area contributed by atoms with E-state index in [4.69, 9.17) is 9.84 Å². The number of hydrogen-bond acceptors (Lipinski definition) is 4. The third-order valence-corrected chi connectivity index (χ3v) is 6.91. The fourth-order valence-corrected chi connectivity index (χ4v) is 4.76. The van der Waals surface area contributed by atoms with Crippen LogP contribution >= 0.6 is 0 Å². The van der Waals surface area contributed by atoms with Crippen LogP contribution in [0.25, 0.3) is 11.1 Å². The number of fused-ring (bicyclic) bond motifs is 3. The predicted octanol–water partition coefficient (Wildman–Crippen LogP) is 4.04. The molecule has 2 atom stereocenters. The summed E-state index contributed by atoms with van der Waals surface area (Å²) in [7, 11) is 0. The number of carboxylic acid groups (broad SMARTS) is 1. The van der Waals surface area contributed by atoms with Crippen molar-refractivity contribution < 1.29 is 24.2 Å². The predicted molar refractivity (Wildman–Crippen MR) is 128 cm³/mol. The Morgan fingerprint density at radius 2 is 1.71 bits per heavy atom. The van der Waals surface area contributed by atoms with E-state index in [9.17, 15) is 14.4 Å². The molecule has 2 amide bonds. The van der Waals surface area contributed by atoms with E-state index >= 15 is 0 Å². The van der Waals surface area contributed by atoms with Gasteiger partial charge in [-0.25, -0.2) is 4.79 Å². The van der Waals surface area contributed by atoms with Crippen LogP contribution in [0.15, 0.2) is 61.2 Å². The molecular weight excluding hydrogens is 432 g/mol. The van der Waals surface area contributed by atoms with Crippen LogP contribution in [-0.2, 0) is 14.3 Å². The van der Waals surface area contributed by atoms with Crippen LogP contribution in [0.3, 0.4) is 0 Å². The maximum Gasteiger partial charge on any atom is 0.407 e. The zero-order valence-corrected chi connectivity index (χ0v) is 19.3. The Morgan fingerprint density at radius 1 is 1.12 bits per heavy atom. The van der Waals surface area contributed by atoms with Gasteiger partial charge in [-0.05, 0) is 35.1 Å². The van der Waals surface area contributed by atoms with Gasteiger partial charge in [0.2, 0.25) is 5.91 Å². The smallest absolute Gasteiger partial charge is 0.407 e.